The Hall–Kier alpha value is -0.990. The fraction of sp³-hybridized carbons (Fsp3) is 0.100. The summed E-state index contributed by atoms with van der Waals surface area (Å²) in [6.07, 6.45) is -0.453. The summed E-state index contributed by atoms with van der Waals surface area (Å²) < 4.78 is 0. The normalized spacial score (nSPS) is 13.1. The second-order valence-corrected chi connectivity index (χ2v) is 3.46. The minimum atomic E-state index is -0.453. The second-order valence-electron chi connectivity index (χ2n) is 2.68. The average molecular weight is 177 g/mol. The van der Waals surface area contributed by atoms with Gasteiger partial charge in [-0.2, -0.15) is 35.1 Å². The molecule has 0 bridgehead atoms. The number of hydrogen-bond donors (Lipinski definition) is 1. The molecule has 0 aliphatic heterocycles. The van der Waals surface area contributed by atoms with Gasteiger partial charge in [0.05, 0.1) is 6.10 Å². The molecule has 62 valence electrons. The van der Waals surface area contributed by atoms with Crippen molar-refractivity contribution in [1.29, 1.82) is 0 Å². The molecule has 1 aromatic carbocycles. The van der Waals surface area contributed by atoms with E-state index >= 15 is 0 Å². The van der Waals surface area contributed by atoms with Crippen LogP contribution in [0, 0.1) is 0 Å². The highest BCUT2D eigenvalue weighted by atomic mass is 32.1. The fourth-order valence-electron chi connectivity index (χ4n) is 1.19. The molecular formula is C10H9OS-. The van der Waals surface area contributed by atoms with E-state index in [1.807, 2.05) is 41.1 Å². The van der Waals surface area contributed by atoms with Gasteiger partial charge >= 0.3 is 0 Å². The first-order valence-corrected chi connectivity index (χ1v) is 4.74. The van der Waals surface area contributed by atoms with E-state index in [9.17, 15) is 5.11 Å². The van der Waals surface area contributed by atoms with Crippen LogP contribution >= 0.6 is 11.3 Å². The lowest BCUT2D eigenvalue weighted by molar-refractivity contribution is 0.221. The van der Waals surface area contributed by atoms with Crippen LogP contribution < -0.4 is 0 Å². The predicted octanol–water partition coefficient (Wildman–Crippen LogP) is 2.55. The summed E-state index contributed by atoms with van der Waals surface area (Å²) in [4.78, 5) is 0. The SMILES string of the molecule is OC(c1cc[cH-]c1)c1ccsc1. The van der Waals surface area contributed by atoms with Crippen LogP contribution in [-0.2, 0) is 0 Å². The van der Waals surface area contributed by atoms with E-state index in [1.165, 1.54) is 0 Å². The molecule has 2 rings (SSSR count). The molecule has 0 radical (unpaired) electrons. The molecular weight excluding hydrogens is 168 g/mol. The first-order chi connectivity index (χ1) is 5.88. The van der Waals surface area contributed by atoms with Crippen molar-refractivity contribution in [2.45, 2.75) is 6.10 Å². The molecule has 0 saturated heterocycles. The molecule has 0 amide bonds. The van der Waals surface area contributed by atoms with Crippen molar-refractivity contribution in [1.82, 2.24) is 0 Å². The maximum Gasteiger partial charge on any atom is 0.0512 e. The molecule has 0 fully saturated rings. The van der Waals surface area contributed by atoms with Gasteiger partial charge in [0.1, 0.15) is 0 Å². The van der Waals surface area contributed by atoms with Gasteiger partial charge in [0.25, 0.3) is 0 Å². The number of thiophene rings is 1. The third-order valence-electron chi connectivity index (χ3n) is 1.86. The second kappa shape index (κ2) is 3.17. The van der Waals surface area contributed by atoms with E-state index in [2.05, 4.69) is 0 Å². The zero-order valence-corrected chi connectivity index (χ0v) is 7.29. The van der Waals surface area contributed by atoms with Crippen molar-refractivity contribution in [2.75, 3.05) is 0 Å². The number of rotatable bonds is 2. The first kappa shape index (κ1) is 7.65. The van der Waals surface area contributed by atoms with E-state index in [-0.39, 0.29) is 0 Å². The monoisotopic (exact) mass is 177 g/mol. The van der Waals surface area contributed by atoms with Gasteiger partial charge in [-0.3, -0.25) is 0 Å². The summed E-state index contributed by atoms with van der Waals surface area (Å²) in [6.45, 7) is 0. The van der Waals surface area contributed by atoms with Crippen molar-refractivity contribution >= 4 is 11.3 Å². The van der Waals surface area contributed by atoms with Crippen molar-refractivity contribution in [2.24, 2.45) is 0 Å². The maximum absolute atomic E-state index is 9.78. The van der Waals surface area contributed by atoms with Gasteiger partial charge in [0, 0.05) is 0 Å². The Morgan fingerprint density at radius 3 is 2.83 bits per heavy atom. The highest BCUT2D eigenvalue weighted by molar-refractivity contribution is 7.07. The molecule has 0 saturated carbocycles. The molecule has 1 N–H and O–H groups in total. The highest BCUT2D eigenvalue weighted by Crippen LogP contribution is 2.23. The highest BCUT2D eigenvalue weighted by Gasteiger charge is 2.03. The standard InChI is InChI=1S/C10H9OS/c11-10(8-3-1-2-4-8)9-5-6-12-7-9/h1-7,10-11H/q-1. The van der Waals surface area contributed by atoms with E-state index in [1.54, 1.807) is 11.3 Å². The van der Waals surface area contributed by atoms with E-state index < -0.39 is 6.10 Å². The zero-order chi connectivity index (χ0) is 8.39. The molecule has 0 aliphatic rings. The molecule has 1 atom stereocenters. The van der Waals surface area contributed by atoms with Gasteiger partial charge in [0.15, 0.2) is 0 Å². The van der Waals surface area contributed by atoms with Gasteiger partial charge in [-0.1, -0.05) is 0 Å². The summed E-state index contributed by atoms with van der Waals surface area (Å²) in [6, 6.07) is 9.68. The molecule has 1 aromatic heterocycles. The molecule has 1 heterocycles. The van der Waals surface area contributed by atoms with Crippen LogP contribution in [0.15, 0.2) is 41.1 Å². The lowest BCUT2D eigenvalue weighted by atomic mass is 10.1. The molecule has 1 unspecified atom stereocenters. The molecule has 0 aliphatic carbocycles. The van der Waals surface area contributed by atoms with Gasteiger partial charge in [-0.25, -0.2) is 6.07 Å². The zero-order valence-electron chi connectivity index (χ0n) is 6.47. The summed E-state index contributed by atoms with van der Waals surface area (Å²) in [5.41, 5.74) is 1.94. The quantitative estimate of drug-likeness (QED) is 0.699. The van der Waals surface area contributed by atoms with Crippen LogP contribution in [0.1, 0.15) is 17.2 Å². The van der Waals surface area contributed by atoms with Crippen LogP contribution in [0.5, 0.6) is 0 Å². The predicted molar refractivity (Wildman–Crippen MR) is 50.4 cm³/mol. The number of aliphatic hydroxyl groups is 1. The Balaban J connectivity index is 2.27. The topological polar surface area (TPSA) is 20.2 Å². The molecule has 1 nitrogen and oxygen atoms in total. The summed E-state index contributed by atoms with van der Waals surface area (Å²) >= 11 is 1.61. The third kappa shape index (κ3) is 1.31. The average Bonchev–Trinajstić information content (AvgIpc) is 2.77. The maximum atomic E-state index is 9.78. The molecule has 12 heavy (non-hydrogen) atoms. The van der Waals surface area contributed by atoms with Crippen LogP contribution in [0.25, 0.3) is 0 Å². The molecule has 2 heteroatoms. The van der Waals surface area contributed by atoms with Gasteiger partial charge in [-0.05, 0) is 22.4 Å². The van der Waals surface area contributed by atoms with Gasteiger partial charge in [0.2, 0.25) is 0 Å². The minimum absolute atomic E-state index is 0.453. The van der Waals surface area contributed by atoms with Crippen LogP contribution in [-0.4, -0.2) is 5.11 Å². The first-order valence-electron chi connectivity index (χ1n) is 3.79. The summed E-state index contributed by atoms with van der Waals surface area (Å²) in [5, 5.41) is 13.7. The number of aliphatic hydroxyl groups excluding tert-OH is 1. The number of hydrogen-bond acceptors (Lipinski definition) is 2. The summed E-state index contributed by atoms with van der Waals surface area (Å²) in [5.74, 6) is 0. The molecule has 2 aromatic rings. The van der Waals surface area contributed by atoms with Gasteiger partial charge in [-0.15, -0.1) is 0 Å². The summed E-state index contributed by atoms with van der Waals surface area (Å²) in [7, 11) is 0. The minimum Gasteiger partial charge on any atom is -0.397 e. The third-order valence-corrected chi connectivity index (χ3v) is 2.56. The Labute approximate surface area is 75.3 Å². The lowest BCUT2D eigenvalue weighted by Crippen LogP contribution is -1.94. The van der Waals surface area contributed by atoms with Gasteiger partial charge < -0.3 is 5.11 Å². The lowest BCUT2D eigenvalue weighted by Gasteiger charge is -2.12. The smallest absolute Gasteiger partial charge is 0.0512 e. The fourth-order valence-corrected chi connectivity index (χ4v) is 1.87. The largest absolute Gasteiger partial charge is 0.397 e. The van der Waals surface area contributed by atoms with Crippen molar-refractivity contribution in [3.05, 3.63) is 52.2 Å². The Morgan fingerprint density at radius 2 is 2.25 bits per heavy atom. The van der Waals surface area contributed by atoms with Crippen molar-refractivity contribution in [3.63, 3.8) is 0 Å². The molecule has 0 spiro atoms. The van der Waals surface area contributed by atoms with E-state index in [0.29, 0.717) is 0 Å². The Bertz CT molecular complexity index is 286. The van der Waals surface area contributed by atoms with E-state index in [0.717, 1.165) is 11.1 Å². The van der Waals surface area contributed by atoms with Crippen LogP contribution in [0.3, 0.4) is 0 Å². The van der Waals surface area contributed by atoms with Crippen LogP contribution in [0.4, 0.5) is 0 Å². The Kier molecular flexibility index (Phi) is 2.02. The van der Waals surface area contributed by atoms with E-state index in [4.69, 9.17) is 0 Å². The van der Waals surface area contributed by atoms with Crippen molar-refractivity contribution < 1.29 is 5.11 Å². The van der Waals surface area contributed by atoms with Crippen LogP contribution in [0.2, 0.25) is 0 Å². The Morgan fingerprint density at radius 1 is 1.33 bits per heavy atom. The van der Waals surface area contributed by atoms with Crippen molar-refractivity contribution in [3.8, 4) is 0 Å².